The van der Waals surface area contributed by atoms with Gasteiger partial charge in [-0.05, 0) is 17.4 Å². The molecule has 1 fully saturated rings. The molecule has 2 rings (SSSR count). The number of thiophene rings is 1. The van der Waals surface area contributed by atoms with Crippen LogP contribution in [-0.4, -0.2) is 24.0 Å². The Bertz CT molecular complexity index is 248. The second-order valence-corrected chi connectivity index (χ2v) is 4.95. The minimum absolute atomic E-state index is 0.375. The average Bonchev–Trinajstić information content (AvgIpc) is 2.64. The van der Waals surface area contributed by atoms with E-state index in [2.05, 4.69) is 29.3 Å². The number of hydrogen-bond donors (Lipinski definition) is 1. The first-order valence-corrected chi connectivity index (χ1v) is 5.64. The van der Waals surface area contributed by atoms with Gasteiger partial charge in [-0.2, -0.15) is 0 Å². The summed E-state index contributed by atoms with van der Waals surface area (Å²) in [6, 6.07) is 4.68. The summed E-state index contributed by atoms with van der Waals surface area (Å²) in [5.74, 6) is 0.653. The molecule has 0 aromatic carbocycles. The molecule has 13 heavy (non-hydrogen) atoms. The quantitative estimate of drug-likeness (QED) is 0.777. The highest BCUT2D eigenvalue weighted by molar-refractivity contribution is 7.09. The van der Waals surface area contributed by atoms with Gasteiger partial charge in [-0.3, -0.25) is 4.90 Å². The second kappa shape index (κ2) is 3.78. The van der Waals surface area contributed by atoms with Crippen molar-refractivity contribution < 1.29 is 0 Å². The summed E-state index contributed by atoms with van der Waals surface area (Å²) < 4.78 is 0. The van der Waals surface area contributed by atoms with Crippen molar-refractivity contribution in [1.82, 2.24) is 4.90 Å². The predicted octanol–water partition coefficient (Wildman–Crippen LogP) is 1.53. The molecule has 0 aliphatic carbocycles. The standard InChI is InChI=1S/C10H16N2S/c1-8-5-12(7-10(8)11)6-9-3-2-4-13-9/h2-4,8,10H,5-7,11H2,1H3. The van der Waals surface area contributed by atoms with Gasteiger partial charge < -0.3 is 5.73 Å². The van der Waals surface area contributed by atoms with E-state index in [1.165, 1.54) is 4.88 Å². The Balaban J connectivity index is 1.91. The van der Waals surface area contributed by atoms with Crippen LogP contribution in [0, 0.1) is 5.92 Å². The van der Waals surface area contributed by atoms with Crippen molar-refractivity contribution in [3.63, 3.8) is 0 Å². The van der Waals surface area contributed by atoms with Gasteiger partial charge in [-0.15, -0.1) is 11.3 Å². The molecule has 72 valence electrons. The van der Waals surface area contributed by atoms with Crippen LogP contribution in [0.5, 0.6) is 0 Å². The van der Waals surface area contributed by atoms with Gasteiger partial charge in [0.2, 0.25) is 0 Å². The van der Waals surface area contributed by atoms with E-state index in [9.17, 15) is 0 Å². The third kappa shape index (κ3) is 2.10. The molecule has 1 aliphatic heterocycles. The Morgan fingerprint density at radius 3 is 3.00 bits per heavy atom. The first-order chi connectivity index (χ1) is 6.25. The van der Waals surface area contributed by atoms with Crippen LogP contribution in [0.2, 0.25) is 0 Å². The van der Waals surface area contributed by atoms with Crippen molar-refractivity contribution in [1.29, 1.82) is 0 Å². The van der Waals surface area contributed by atoms with Crippen LogP contribution in [0.25, 0.3) is 0 Å². The molecule has 0 bridgehead atoms. The zero-order valence-electron chi connectivity index (χ0n) is 7.94. The van der Waals surface area contributed by atoms with E-state index >= 15 is 0 Å². The molecule has 2 N–H and O–H groups in total. The van der Waals surface area contributed by atoms with E-state index in [0.29, 0.717) is 12.0 Å². The van der Waals surface area contributed by atoms with Gasteiger partial charge in [0.15, 0.2) is 0 Å². The molecule has 1 aromatic rings. The first kappa shape index (κ1) is 9.19. The highest BCUT2D eigenvalue weighted by Gasteiger charge is 2.26. The number of nitrogens with zero attached hydrogens (tertiary/aromatic N) is 1. The van der Waals surface area contributed by atoms with Crippen molar-refractivity contribution >= 4 is 11.3 Å². The molecule has 3 heteroatoms. The molecule has 0 saturated carbocycles. The minimum atomic E-state index is 0.375. The van der Waals surface area contributed by atoms with Gasteiger partial charge in [0.05, 0.1) is 0 Å². The molecule has 2 heterocycles. The predicted molar refractivity (Wildman–Crippen MR) is 56.7 cm³/mol. The highest BCUT2D eigenvalue weighted by atomic mass is 32.1. The average molecular weight is 196 g/mol. The Morgan fingerprint density at radius 1 is 1.62 bits per heavy atom. The lowest BCUT2D eigenvalue weighted by molar-refractivity contribution is 0.322. The van der Waals surface area contributed by atoms with Crippen molar-refractivity contribution in [2.45, 2.75) is 19.5 Å². The maximum Gasteiger partial charge on any atom is 0.0328 e. The van der Waals surface area contributed by atoms with Gasteiger partial charge in [-0.1, -0.05) is 13.0 Å². The molecule has 1 saturated heterocycles. The molecule has 1 aromatic heterocycles. The zero-order valence-corrected chi connectivity index (χ0v) is 8.76. The fraction of sp³-hybridized carbons (Fsp3) is 0.600. The number of likely N-dealkylation sites (tertiary alicyclic amines) is 1. The largest absolute Gasteiger partial charge is 0.326 e. The van der Waals surface area contributed by atoms with Crippen LogP contribution >= 0.6 is 11.3 Å². The lowest BCUT2D eigenvalue weighted by Gasteiger charge is -2.13. The van der Waals surface area contributed by atoms with Gasteiger partial charge >= 0.3 is 0 Å². The highest BCUT2D eigenvalue weighted by Crippen LogP contribution is 2.19. The normalized spacial score (nSPS) is 29.7. The van der Waals surface area contributed by atoms with Crippen LogP contribution in [-0.2, 0) is 6.54 Å². The Morgan fingerprint density at radius 2 is 2.46 bits per heavy atom. The SMILES string of the molecule is CC1CN(Cc2cccs2)CC1N. The minimum Gasteiger partial charge on any atom is -0.326 e. The van der Waals surface area contributed by atoms with E-state index in [0.717, 1.165) is 19.6 Å². The molecular formula is C10H16N2S. The number of rotatable bonds is 2. The molecule has 2 unspecified atom stereocenters. The van der Waals surface area contributed by atoms with Crippen LogP contribution in [0.4, 0.5) is 0 Å². The Labute approximate surface area is 83.4 Å². The van der Waals surface area contributed by atoms with Crippen LogP contribution in [0.15, 0.2) is 17.5 Å². The van der Waals surface area contributed by atoms with E-state index in [1.54, 1.807) is 0 Å². The lowest BCUT2D eigenvalue weighted by atomic mass is 10.1. The first-order valence-electron chi connectivity index (χ1n) is 4.76. The van der Waals surface area contributed by atoms with E-state index in [1.807, 2.05) is 11.3 Å². The van der Waals surface area contributed by atoms with Crippen molar-refractivity contribution in [3.8, 4) is 0 Å². The van der Waals surface area contributed by atoms with Crippen molar-refractivity contribution in [2.75, 3.05) is 13.1 Å². The summed E-state index contributed by atoms with van der Waals surface area (Å²) in [6.45, 7) is 5.52. The molecular weight excluding hydrogens is 180 g/mol. The van der Waals surface area contributed by atoms with Crippen molar-refractivity contribution in [2.24, 2.45) is 11.7 Å². The fourth-order valence-electron chi connectivity index (χ4n) is 1.85. The molecule has 0 radical (unpaired) electrons. The maximum absolute atomic E-state index is 5.96. The van der Waals surface area contributed by atoms with Gasteiger partial charge in [0.1, 0.15) is 0 Å². The van der Waals surface area contributed by atoms with Gasteiger partial charge in [-0.25, -0.2) is 0 Å². The zero-order chi connectivity index (χ0) is 9.26. The molecule has 2 nitrogen and oxygen atoms in total. The van der Waals surface area contributed by atoms with Crippen LogP contribution in [0.1, 0.15) is 11.8 Å². The molecule has 0 amide bonds. The summed E-state index contributed by atoms with van der Waals surface area (Å²) in [5.41, 5.74) is 5.96. The van der Waals surface area contributed by atoms with Crippen LogP contribution in [0.3, 0.4) is 0 Å². The summed E-state index contributed by atoms with van der Waals surface area (Å²) in [4.78, 5) is 3.89. The van der Waals surface area contributed by atoms with Gasteiger partial charge in [0, 0.05) is 30.6 Å². The summed E-state index contributed by atoms with van der Waals surface area (Å²) in [5, 5.41) is 2.13. The lowest BCUT2D eigenvalue weighted by Crippen LogP contribution is -2.28. The summed E-state index contributed by atoms with van der Waals surface area (Å²) in [7, 11) is 0. The number of hydrogen-bond acceptors (Lipinski definition) is 3. The third-order valence-electron chi connectivity index (χ3n) is 2.71. The van der Waals surface area contributed by atoms with Crippen molar-refractivity contribution in [3.05, 3.63) is 22.4 Å². The second-order valence-electron chi connectivity index (χ2n) is 3.91. The molecule has 2 atom stereocenters. The summed E-state index contributed by atoms with van der Waals surface area (Å²) >= 11 is 1.83. The Hall–Kier alpha value is -0.380. The smallest absolute Gasteiger partial charge is 0.0328 e. The fourth-order valence-corrected chi connectivity index (χ4v) is 2.59. The topological polar surface area (TPSA) is 29.3 Å². The van der Waals surface area contributed by atoms with Crippen LogP contribution < -0.4 is 5.73 Å². The summed E-state index contributed by atoms with van der Waals surface area (Å²) in [6.07, 6.45) is 0. The third-order valence-corrected chi connectivity index (χ3v) is 3.57. The monoisotopic (exact) mass is 196 g/mol. The van der Waals surface area contributed by atoms with E-state index in [-0.39, 0.29) is 0 Å². The molecule has 0 spiro atoms. The Kier molecular flexibility index (Phi) is 2.67. The van der Waals surface area contributed by atoms with Gasteiger partial charge in [0.25, 0.3) is 0 Å². The molecule has 1 aliphatic rings. The van der Waals surface area contributed by atoms with E-state index < -0.39 is 0 Å². The van der Waals surface area contributed by atoms with E-state index in [4.69, 9.17) is 5.73 Å². The maximum atomic E-state index is 5.96. The number of nitrogens with two attached hydrogens (primary N) is 1.